The molecule has 1 atom stereocenters. The number of methoxy groups -OCH3 is 1. The molecule has 150 valence electrons. The Morgan fingerprint density at radius 2 is 2.00 bits per heavy atom. The standard InChI is InChI=1S/C23H31N3O2/c1-7-26-19-11-10-15(2)25-21(19)18(13-23(4,5)14-27)22(26)17-9-8-12-24-20(17)16(3)28-6/h8-12,16,27H,7,13-14H2,1-6H3. The molecule has 3 rings (SSSR count). The van der Waals surface area contributed by atoms with Crippen LogP contribution in [0, 0.1) is 12.3 Å². The molecule has 1 unspecified atom stereocenters. The molecule has 0 fully saturated rings. The average Bonchev–Trinajstić information content (AvgIpc) is 2.99. The fourth-order valence-electron chi connectivity index (χ4n) is 3.78. The quantitative estimate of drug-likeness (QED) is 0.645. The van der Waals surface area contributed by atoms with Gasteiger partial charge in [-0.2, -0.15) is 0 Å². The van der Waals surface area contributed by atoms with Gasteiger partial charge in [-0.05, 0) is 56.9 Å². The van der Waals surface area contributed by atoms with Gasteiger partial charge in [-0.25, -0.2) is 0 Å². The van der Waals surface area contributed by atoms with E-state index in [2.05, 4.69) is 48.5 Å². The summed E-state index contributed by atoms with van der Waals surface area (Å²) in [7, 11) is 1.71. The molecule has 0 aliphatic rings. The van der Waals surface area contributed by atoms with Crippen LogP contribution in [0.4, 0.5) is 0 Å². The number of fused-ring (bicyclic) bond motifs is 1. The second-order valence-corrected chi connectivity index (χ2v) is 8.21. The van der Waals surface area contributed by atoms with Crippen molar-refractivity contribution in [3.8, 4) is 11.3 Å². The third-order valence-electron chi connectivity index (χ3n) is 5.38. The highest BCUT2D eigenvalue weighted by Gasteiger charge is 2.28. The third kappa shape index (κ3) is 3.69. The molecule has 5 heteroatoms. The first-order valence-corrected chi connectivity index (χ1v) is 9.90. The Morgan fingerprint density at radius 3 is 2.64 bits per heavy atom. The van der Waals surface area contributed by atoms with E-state index in [-0.39, 0.29) is 18.1 Å². The van der Waals surface area contributed by atoms with Crippen molar-refractivity contribution < 1.29 is 9.84 Å². The van der Waals surface area contributed by atoms with Crippen LogP contribution >= 0.6 is 0 Å². The van der Waals surface area contributed by atoms with E-state index >= 15 is 0 Å². The summed E-state index contributed by atoms with van der Waals surface area (Å²) < 4.78 is 7.91. The lowest BCUT2D eigenvalue weighted by atomic mass is 9.85. The Balaban J connectivity index is 2.39. The first-order chi connectivity index (χ1) is 13.3. The lowest BCUT2D eigenvalue weighted by Crippen LogP contribution is -2.20. The van der Waals surface area contributed by atoms with Crippen molar-refractivity contribution in [2.45, 2.75) is 53.7 Å². The van der Waals surface area contributed by atoms with Crippen molar-refractivity contribution >= 4 is 11.0 Å². The summed E-state index contributed by atoms with van der Waals surface area (Å²) in [4.78, 5) is 9.53. The Morgan fingerprint density at radius 1 is 1.25 bits per heavy atom. The van der Waals surface area contributed by atoms with Gasteiger partial charge in [-0.3, -0.25) is 9.97 Å². The summed E-state index contributed by atoms with van der Waals surface area (Å²) in [5, 5.41) is 9.93. The Kier molecular flexibility index (Phi) is 5.87. The molecule has 0 radical (unpaired) electrons. The van der Waals surface area contributed by atoms with Crippen LogP contribution in [0.3, 0.4) is 0 Å². The molecule has 3 aromatic rings. The van der Waals surface area contributed by atoms with Gasteiger partial charge >= 0.3 is 0 Å². The molecule has 0 aliphatic heterocycles. The maximum absolute atomic E-state index is 9.93. The van der Waals surface area contributed by atoms with Gasteiger partial charge in [-0.15, -0.1) is 0 Å². The van der Waals surface area contributed by atoms with Crippen LogP contribution in [-0.4, -0.2) is 33.4 Å². The van der Waals surface area contributed by atoms with Crippen molar-refractivity contribution in [3.63, 3.8) is 0 Å². The zero-order valence-corrected chi connectivity index (χ0v) is 17.8. The summed E-state index contributed by atoms with van der Waals surface area (Å²) in [6.07, 6.45) is 2.43. The van der Waals surface area contributed by atoms with Crippen molar-refractivity contribution in [1.29, 1.82) is 0 Å². The van der Waals surface area contributed by atoms with Crippen molar-refractivity contribution in [2.75, 3.05) is 13.7 Å². The number of ether oxygens (including phenoxy) is 1. The van der Waals surface area contributed by atoms with Crippen molar-refractivity contribution in [3.05, 3.63) is 47.4 Å². The van der Waals surface area contributed by atoms with Gasteiger partial charge in [0, 0.05) is 43.3 Å². The van der Waals surface area contributed by atoms with Crippen LogP contribution in [0.5, 0.6) is 0 Å². The summed E-state index contributed by atoms with van der Waals surface area (Å²) in [5.41, 5.74) is 7.15. The fourth-order valence-corrected chi connectivity index (χ4v) is 3.78. The molecule has 0 aromatic carbocycles. The SMILES string of the molecule is CCn1c(-c2cccnc2C(C)OC)c(CC(C)(C)CO)c2nc(C)ccc21. The Bertz CT molecular complexity index is 975. The molecule has 0 bridgehead atoms. The minimum Gasteiger partial charge on any atom is -0.396 e. The molecule has 5 nitrogen and oxygen atoms in total. The van der Waals surface area contributed by atoms with Gasteiger partial charge in [0.1, 0.15) is 0 Å². The van der Waals surface area contributed by atoms with Crippen LogP contribution in [0.2, 0.25) is 0 Å². The lowest BCUT2D eigenvalue weighted by Gasteiger charge is -2.23. The molecule has 0 amide bonds. The fraction of sp³-hybridized carbons (Fsp3) is 0.478. The second-order valence-electron chi connectivity index (χ2n) is 8.21. The lowest BCUT2D eigenvalue weighted by molar-refractivity contribution is 0.116. The molecule has 0 spiro atoms. The number of aliphatic hydroxyl groups excluding tert-OH is 1. The summed E-state index contributed by atoms with van der Waals surface area (Å²) >= 11 is 0. The normalized spacial score (nSPS) is 13.2. The minimum absolute atomic E-state index is 0.116. The third-order valence-corrected chi connectivity index (χ3v) is 5.38. The maximum atomic E-state index is 9.93. The predicted octanol–water partition coefficient (Wildman–Crippen LogP) is 4.70. The number of hydrogen-bond acceptors (Lipinski definition) is 4. The first kappa shape index (κ1) is 20.5. The molecule has 0 saturated heterocycles. The van der Waals surface area contributed by atoms with E-state index in [0.717, 1.165) is 52.2 Å². The molecule has 0 aliphatic carbocycles. The van der Waals surface area contributed by atoms with Gasteiger partial charge in [0.25, 0.3) is 0 Å². The summed E-state index contributed by atoms with van der Waals surface area (Å²) in [5.74, 6) is 0. The highest BCUT2D eigenvalue weighted by molar-refractivity contribution is 5.89. The predicted molar refractivity (Wildman–Crippen MR) is 113 cm³/mol. The number of aromatic nitrogens is 3. The number of nitrogens with zero attached hydrogens (tertiary/aromatic N) is 3. The zero-order chi connectivity index (χ0) is 20.5. The molecule has 28 heavy (non-hydrogen) atoms. The number of aliphatic hydroxyl groups is 1. The van der Waals surface area contributed by atoms with Gasteiger partial charge in [0.15, 0.2) is 0 Å². The van der Waals surface area contributed by atoms with Crippen LogP contribution in [0.25, 0.3) is 22.3 Å². The van der Waals surface area contributed by atoms with Crippen LogP contribution in [0.1, 0.15) is 50.8 Å². The van der Waals surface area contributed by atoms with Crippen molar-refractivity contribution in [1.82, 2.24) is 14.5 Å². The van der Waals surface area contributed by atoms with E-state index in [9.17, 15) is 5.11 Å². The van der Waals surface area contributed by atoms with Gasteiger partial charge in [0.05, 0.1) is 28.5 Å². The molecule has 3 aromatic heterocycles. The largest absolute Gasteiger partial charge is 0.396 e. The summed E-state index contributed by atoms with van der Waals surface area (Å²) in [6.45, 7) is 11.3. The first-order valence-electron chi connectivity index (χ1n) is 9.90. The number of rotatable bonds is 7. The molecular weight excluding hydrogens is 350 g/mol. The average molecular weight is 382 g/mol. The smallest absolute Gasteiger partial charge is 0.0969 e. The topological polar surface area (TPSA) is 60.2 Å². The molecule has 1 N–H and O–H groups in total. The highest BCUT2D eigenvalue weighted by Crippen LogP contribution is 2.39. The van der Waals surface area contributed by atoms with E-state index in [1.807, 2.05) is 26.1 Å². The molecular formula is C23H31N3O2. The number of hydrogen-bond donors (Lipinski definition) is 1. The second kappa shape index (κ2) is 8.02. The minimum atomic E-state index is -0.248. The van der Waals surface area contributed by atoms with Gasteiger partial charge in [-0.1, -0.05) is 13.8 Å². The zero-order valence-electron chi connectivity index (χ0n) is 17.8. The Labute approximate surface area is 167 Å². The molecule has 3 heterocycles. The van der Waals surface area contributed by atoms with Crippen LogP contribution in [0.15, 0.2) is 30.5 Å². The monoisotopic (exact) mass is 381 g/mol. The number of pyridine rings is 2. The van der Waals surface area contributed by atoms with Gasteiger partial charge in [0.2, 0.25) is 0 Å². The van der Waals surface area contributed by atoms with Crippen molar-refractivity contribution in [2.24, 2.45) is 5.41 Å². The van der Waals surface area contributed by atoms with E-state index < -0.39 is 0 Å². The number of aryl methyl sites for hydroxylation is 2. The van der Waals surface area contributed by atoms with E-state index in [1.165, 1.54) is 0 Å². The van der Waals surface area contributed by atoms with Gasteiger partial charge < -0.3 is 14.4 Å². The highest BCUT2D eigenvalue weighted by atomic mass is 16.5. The van der Waals surface area contributed by atoms with E-state index in [0.29, 0.717) is 0 Å². The maximum Gasteiger partial charge on any atom is 0.0969 e. The van der Waals surface area contributed by atoms with Crippen LogP contribution in [-0.2, 0) is 17.7 Å². The summed E-state index contributed by atoms with van der Waals surface area (Å²) in [6, 6.07) is 8.29. The van der Waals surface area contributed by atoms with Crippen LogP contribution < -0.4 is 0 Å². The van der Waals surface area contributed by atoms with E-state index in [4.69, 9.17) is 9.72 Å². The van der Waals surface area contributed by atoms with E-state index in [1.54, 1.807) is 7.11 Å². The molecule has 0 saturated carbocycles. The Hall–Kier alpha value is -2.24.